The number of ether oxygens (including phenoxy) is 2. The van der Waals surface area contributed by atoms with Gasteiger partial charge in [0, 0.05) is 5.56 Å². The van der Waals surface area contributed by atoms with Crippen LogP contribution >= 0.6 is 0 Å². The van der Waals surface area contributed by atoms with Gasteiger partial charge in [0.1, 0.15) is 5.75 Å². The molecule has 1 aromatic rings. The van der Waals surface area contributed by atoms with Crippen molar-refractivity contribution in [1.29, 1.82) is 0 Å². The predicted molar refractivity (Wildman–Crippen MR) is 65.0 cm³/mol. The fraction of sp³-hybridized carbons (Fsp3) is 0.385. The summed E-state index contributed by atoms with van der Waals surface area (Å²) in [7, 11) is 2.83. The van der Waals surface area contributed by atoms with Gasteiger partial charge in [0.25, 0.3) is 0 Å². The minimum Gasteiger partial charge on any atom is -0.497 e. The first kappa shape index (κ1) is 12.4. The van der Waals surface area contributed by atoms with E-state index in [2.05, 4.69) is 10.1 Å². The Kier molecular flexibility index (Phi) is 3.50. The summed E-state index contributed by atoms with van der Waals surface area (Å²) in [4.78, 5) is 23.4. The molecule has 0 fully saturated rings. The van der Waals surface area contributed by atoms with E-state index in [1.54, 1.807) is 13.2 Å². The molecule has 5 nitrogen and oxygen atoms in total. The molecule has 1 aliphatic rings. The second-order valence-corrected chi connectivity index (χ2v) is 4.11. The maximum atomic E-state index is 12.2. The SMILES string of the molecule is COC(=O)N[C@H]1CCc2ccc(OC)cc2C1=O. The van der Waals surface area contributed by atoms with Crippen LogP contribution < -0.4 is 10.1 Å². The average molecular weight is 249 g/mol. The van der Waals surface area contributed by atoms with Gasteiger partial charge in [-0.15, -0.1) is 0 Å². The van der Waals surface area contributed by atoms with E-state index in [9.17, 15) is 9.59 Å². The number of benzene rings is 1. The fourth-order valence-electron chi connectivity index (χ4n) is 2.09. The highest BCUT2D eigenvalue weighted by Gasteiger charge is 2.29. The lowest BCUT2D eigenvalue weighted by atomic mass is 9.87. The van der Waals surface area contributed by atoms with Crippen LogP contribution in [0, 0.1) is 0 Å². The highest BCUT2D eigenvalue weighted by molar-refractivity contribution is 6.03. The van der Waals surface area contributed by atoms with Crippen molar-refractivity contribution in [2.24, 2.45) is 0 Å². The summed E-state index contributed by atoms with van der Waals surface area (Å²) in [6, 6.07) is 4.92. The van der Waals surface area contributed by atoms with Gasteiger partial charge in [0.2, 0.25) is 0 Å². The van der Waals surface area contributed by atoms with Gasteiger partial charge in [-0.05, 0) is 30.5 Å². The standard InChI is InChI=1S/C13H15NO4/c1-17-9-5-3-8-4-6-11(14-13(16)18-2)12(15)10(8)7-9/h3,5,7,11H,4,6H2,1-2H3,(H,14,16)/t11-/m0/s1. The number of hydrogen-bond donors (Lipinski definition) is 1. The molecule has 0 saturated heterocycles. The molecule has 1 atom stereocenters. The first-order chi connectivity index (χ1) is 8.65. The van der Waals surface area contributed by atoms with E-state index < -0.39 is 12.1 Å². The second-order valence-electron chi connectivity index (χ2n) is 4.11. The lowest BCUT2D eigenvalue weighted by Crippen LogP contribution is -2.43. The molecule has 0 radical (unpaired) electrons. The van der Waals surface area contributed by atoms with Gasteiger partial charge in [0.05, 0.1) is 20.3 Å². The molecule has 96 valence electrons. The van der Waals surface area contributed by atoms with Gasteiger partial charge in [-0.2, -0.15) is 0 Å². The number of methoxy groups -OCH3 is 2. The van der Waals surface area contributed by atoms with Gasteiger partial charge in [-0.25, -0.2) is 4.79 Å². The minimum atomic E-state index is -0.584. The Morgan fingerprint density at radius 2 is 2.17 bits per heavy atom. The van der Waals surface area contributed by atoms with Gasteiger partial charge < -0.3 is 14.8 Å². The average Bonchev–Trinajstić information content (AvgIpc) is 2.41. The second kappa shape index (κ2) is 5.08. The van der Waals surface area contributed by atoms with Gasteiger partial charge in [-0.3, -0.25) is 4.79 Å². The summed E-state index contributed by atoms with van der Waals surface area (Å²) >= 11 is 0. The van der Waals surface area contributed by atoms with Crippen LogP contribution in [0.2, 0.25) is 0 Å². The van der Waals surface area contributed by atoms with Crippen molar-refractivity contribution >= 4 is 11.9 Å². The molecule has 1 aromatic carbocycles. The van der Waals surface area contributed by atoms with Crippen molar-refractivity contribution < 1.29 is 19.1 Å². The van der Waals surface area contributed by atoms with Crippen LogP contribution in [0.15, 0.2) is 18.2 Å². The Bertz CT molecular complexity index is 484. The number of carbonyl (C=O) groups is 2. The predicted octanol–water partition coefficient (Wildman–Crippen LogP) is 1.55. The van der Waals surface area contributed by atoms with Crippen molar-refractivity contribution in [3.05, 3.63) is 29.3 Å². The van der Waals surface area contributed by atoms with E-state index in [1.165, 1.54) is 7.11 Å². The lowest BCUT2D eigenvalue weighted by Gasteiger charge is -2.23. The molecular formula is C13H15NO4. The normalized spacial score (nSPS) is 17.9. The van der Waals surface area contributed by atoms with Crippen LogP contribution in [0.5, 0.6) is 5.75 Å². The molecule has 5 heteroatoms. The summed E-state index contributed by atoms with van der Waals surface area (Å²) in [5.74, 6) is 0.543. The molecule has 0 bridgehead atoms. The van der Waals surface area contributed by atoms with Crippen LogP contribution in [0.4, 0.5) is 4.79 Å². The summed E-state index contributed by atoms with van der Waals surface area (Å²) in [6.45, 7) is 0. The molecular weight excluding hydrogens is 234 g/mol. The Morgan fingerprint density at radius 1 is 1.39 bits per heavy atom. The van der Waals surface area contributed by atoms with Crippen molar-refractivity contribution in [3.8, 4) is 5.75 Å². The van der Waals surface area contributed by atoms with Crippen LogP contribution in [0.3, 0.4) is 0 Å². The van der Waals surface area contributed by atoms with E-state index in [0.717, 1.165) is 12.0 Å². The molecule has 0 spiro atoms. The van der Waals surface area contributed by atoms with Crippen molar-refractivity contribution in [3.63, 3.8) is 0 Å². The number of alkyl carbamates (subject to hydrolysis) is 1. The summed E-state index contributed by atoms with van der Waals surface area (Å²) in [6.07, 6.45) is 0.757. The number of nitrogens with one attached hydrogen (secondary N) is 1. The summed E-state index contributed by atoms with van der Waals surface area (Å²) < 4.78 is 9.61. The van der Waals surface area contributed by atoms with Crippen molar-refractivity contribution in [2.75, 3.05) is 14.2 Å². The number of rotatable bonds is 2. The molecule has 0 unspecified atom stereocenters. The zero-order valence-electron chi connectivity index (χ0n) is 10.4. The van der Waals surface area contributed by atoms with E-state index in [0.29, 0.717) is 17.7 Å². The smallest absolute Gasteiger partial charge is 0.407 e. The number of carbonyl (C=O) groups excluding carboxylic acids is 2. The fourth-order valence-corrected chi connectivity index (χ4v) is 2.09. The molecule has 18 heavy (non-hydrogen) atoms. The summed E-state index contributed by atoms with van der Waals surface area (Å²) in [5, 5.41) is 2.55. The molecule has 0 heterocycles. The largest absolute Gasteiger partial charge is 0.497 e. The monoisotopic (exact) mass is 249 g/mol. The highest BCUT2D eigenvalue weighted by atomic mass is 16.5. The number of fused-ring (bicyclic) bond motifs is 1. The van der Waals surface area contributed by atoms with Crippen LogP contribution in [-0.2, 0) is 11.2 Å². The molecule has 2 rings (SSSR count). The van der Waals surface area contributed by atoms with Crippen LogP contribution in [0.1, 0.15) is 22.3 Å². The first-order valence-corrected chi connectivity index (χ1v) is 5.71. The number of amides is 1. The molecule has 1 N–H and O–H groups in total. The molecule has 1 amide bonds. The zero-order valence-corrected chi connectivity index (χ0v) is 10.4. The third-order valence-electron chi connectivity index (χ3n) is 3.08. The maximum absolute atomic E-state index is 12.2. The van der Waals surface area contributed by atoms with Crippen molar-refractivity contribution in [2.45, 2.75) is 18.9 Å². The third kappa shape index (κ3) is 2.30. The van der Waals surface area contributed by atoms with Crippen molar-refractivity contribution in [1.82, 2.24) is 5.32 Å². The molecule has 0 aromatic heterocycles. The number of Topliss-reactive ketones (excluding diaryl/α,β-unsaturated/α-hetero) is 1. The number of ketones is 1. The van der Waals surface area contributed by atoms with E-state index in [-0.39, 0.29) is 5.78 Å². The number of aryl methyl sites for hydroxylation is 1. The van der Waals surface area contributed by atoms with Gasteiger partial charge in [-0.1, -0.05) is 6.07 Å². The van der Waals surface area contributed by atoms with E-state index in [4.69, 9.17) is 4.74 Å². The Balaban J connectivity index is 2.23. The molecule has 1 aliphatic carbocycles. The van der Waals surface area contributed by atoms with Crippen LogP contribution in [0.25, 0.3) is 0 Å². The Labute approximate surface area is 105 Å². The van der Waals surface area contributed by atoms with E-state index in [1.807, 2.05) is 12.1 Å². The quantitative estimate of drug-likeness (QED) is 0.863. The first-order valence-electron chi connectivity index (χ1n) is 5.71. The minimum absolute atomic E-state index is 0.0967. The maximum Gasteiger partial charge on any atom is 0.407 e. The lowest BCUT2D eigenvalue weighted by molar-refractivity contribution is 0.0915. The topological polar surface area (TPSA) is 64.6 Å². The van der Waals surface area contributed by atoms with Crippen LogP contribution in [-0.4, -0.2) is 32.1 Å². The van der Waals surface area contributed by atoms with Gasteiger partial charge >= 0.3 is 6.09 Å². The molecule has 0 saturated carbocycles. The zero-order chi connectivity index (χ0) is 13.1. The van der Waals surface area contributed by atoms with E-state index >= 15 is 0 Å². The summed E-state index contributed by atoms with van der Waals surface area (Å²) in [5.41, 5.74) is 1.60. The Morgan fingerprint density at radius 3 is 2.83 bits per heavy atom. The Hall–Kier alpha value is -2.04. The molecule has 0 aliphatic heterocycles. The highest BCUT2D eigenvalue weighted by Crippen LogP contribution is 2.25. The van der Waals surface area contributed by atoms with Gasteiger partial charge in [0.15, 0.2) is 5.78 Å². The third-order valence-corrected chi connectivity index (χ3v) is 3.08. The number of hydrogen-bond acceptors (Lipinski definition) is 4.